The molecule has 0 N–H and O–H groups in total. The summed E-state index contributed by atoms with van der Waals surface area (Å²) in [6.45, 7) is 0. The minimum absolute atomic E-state index is 0.791. The molecule has 1 rings (SSSR count). The quantitative estimate of drug-likeness (QED) is 0.447. The van der Waals surface area contributed by atoms with Crippen LogP contribution < -0.4 is 0 Å². The molecule has 0 aliphatic heterocycles. The van der Waals surface area contributed by atoms with Crippen LogP contribution in [0.4, 0.5) is 0 Å². The Balaban J connectivity index is 2.77. The number of carbonyl (C=O) groups excluding carboxylic acids is 2. The van der Waals surface area contributed by atoms with Crippen LogP contribution in [0, 0.1) is 0 Å². The number of rotatable bonds is 4. The van der Waals surface area contributed by atoms with Gasteiger partial charge in [0.1, 0.15) is 0 Å². The Bertz CT molecular complexity index is 374. The lowest BCUT2D eigenvalue weighted by Crippen LogP contribution is -1.71. The molecule has 0 amide bonds. The zero-order valence-electron chi connectivity index (χ0n) is 6.84. The second-order valence-corrected chi connectivity index (χ2v) is 3.70. The van der Waals surface area contributed by atoms with Gasteiger partial charge in [0.25, 0.3) is 0 Å². The predicted octanol–water partition coefficient (Wildman–Crippen LogP) is 2.37. The molecule has 70 valence electrons. The first kappa shape index (κ1) is 10.8. The smallest absolute Gasteiger partial charge is 0.210 e. The van der Waals surface area contributed by atoms with E-state index in [-0.39, 0.29) is 0 Å². The number of isocyanates is 2. The molecular formula is C8H4N2O2S2. The van der Waals surface area contributed by atoms with Crippen molar-refractivity contribution in [2.24, 2.45) is 8.80 Å². The van der Waals surface area contributed by atoms with Gasteiger partial charge >= 0.3 is 0 Å². The fourth-order valence-corrected chi connectivity index (χ4v) is 1.73. The van der Waals surface area contributed by atoms with Crippen molar-refractivity contribution >= 4 is 36.1 Å². The van der Waals surface area contributed by atoms with E-state index in [1.165, 1.54) is 12.2 Å². The van der Waals surface area contributed by atoms with Crippen LogP contribution >= 0.6 is 23.9 Å². The van der Waals surface area contributed by atoms with Crippen molar-refractivity contribution < 1.29 is 9.59 Å². The molecule has 6 heteroatoms. The Labute approximate surface area is 88.8 Å². The van der Waals surface area contributed by atoms with Gasteiger partial charge in [0.05, 0.1) is 0 Å². The molecule has 0 unspecified atom stereocenters. The van der Waals surface area contributed by atoms with Gasteiger partial charge in [-0.25, -0.2) is 9.59 Å². The van der Waals surface area contributed by atoms with Crippen LogP contribution in [0.1, 0.15) is 0 Å². The molecule has 0 spiro atoms. The zero-order chi connectivity index (χ0) is 10.2. The summed E-state index contributed by atoms with van der Waals surface area (Å²) in [6.07, 6.45) is 2.85. The molecule has 0 fully saturated rings. The Morgan fingerprint density at radius 2 is 1.50 bits per heavy atom. The fraction of sp³-hybridized carbons (Fsp3) is 0. The maximum absolute atomic E-state index is 9.85. The molecule has 0 aliphatic rings. The van der Waals surface area contributed by atoms with Crippen molar-refractivity contribution in [3.05, 3.63) is 24.3 Å². The van der Waals surface area contributed by atoms with E-state index < -0.39 is 0 Å². The molecule has 4 nitrogen and oxygen atoms in total. The second kappa shape index (κ2) is 6.18. The van der Waals surface area contributed by atoms with Gasteiger partial charge in [-0.15, -0.1) is 8.80 Å². The Kier molecular flexibility index (Phi) is 4.75. The molecule has 0 bridgehead atoms. The largest absolute Gasteiger partial charge is 0.247 e. The fourth-order valence-electron chi connectivity index (χ4n) is 0.730. The first-order valence-electron chi connectivity index (χ1n) is 3.45. The molecule has 0 radical (unpaired) electrons. The highest BCUT2D eigenvalue weighted by atomic mass is 32.2. The average Bonchev–Trinajstić information content (AvgIpc) is 2.24. The standard InChI is InChI=1S/C8H4N2O2S2/c11-5-9-13-7-2-1-3-8(4-7)14-10-6-12/h1-4H. The van der Waals surface area contributed by atoms with Gasteiger partial charge in [0.15, 0.2) is 0 Å². The third-order valence-corrected chi connectivity index (χ3v) is 2.44. The van der Waals surface area contributed by atoms with Crippen LogP contribution in [0.5, 0.6) is 0 Å². The first-order valence-corrected chi connectivity index (χ1v) is 5.00. The van der Waals surface area contributed by atoms with Gasteiger partial charge < -0.3 is 0 Å². The van der Waals surface area contributed by atoms with Gasteiger partial charge in [0.2, 0.25) is 12.2 Å². The molecule has 0 heterocycles. The van der Waals surface area contributed by atoms with Crippen LogP contribution in [-0.4, -0.2) is 12.2 Å². The number of nitrogens with zero attached hydrogens (tertiary/aromatic N) is 2. The van der Waals surface area contributed by atoms with Crippen LogP contribution in [0.15, 0.2) is 42.9 Å². The van der Waals surface area contributed by atoms with E-state index in [1.807, 2.05) is 0 Å². The summed E-state index contributed by atoms with van der Waals surface area (Å²) in [7, 11) is 0. The van der Waals surface area contributed by atoms with Crippen LogP contribution in [0.2, 0.25) is 0 Å². The lowest BCUT2D eigenvalue weighted by atomic mass is 10.4. The molecule has 14 heavy (non-hydrogen) atoms. The van der Waals surface area contributed by atoms with Gasteiger partial charge in [-0.3, -0.25) is 0 Å². The maximum atomic E-state index is 9.85. The summed E-state index contributed by atoms with van der Waals surface area (Å²) < 4.78 is 6.71. The summed E-state index contributed by atoms with van der Waals surface area (Å²) in [6, 6.07) is 7.13. The van der Waals surface area contributed by atoms with Crippen molar-refractivity contribution in [2.45, 2.75) is 9.79 Å². The second-order valence-electron chi connectivity index (χ2n) is 2.02. The summed E-state index contributed by atoms with van der Waals surface area (Å²) in [5.74, 6) is 0. The first-order chi connectivity index (χ1) is 6.86. The minimum atomic E-state index is 0.791. The van der Waals surface area contributed by atoms with E-state index in [2.05, 4.69) is 8.80 Å². The van der Waals surface area contributed by atoms with Crippen molar-refractivity contribution in [1.29, 1.82) is 0 Å². The predicted molar refractivity (Wildman–Crippen MR) is 54.4 cm³/mol. The van der Waals surface area contributed by atoms with Gasteiger partial charge in [-0.05, 0) is 18.2 Å². The Morgan fingerprint density at radius 3 is 1.93 bits per heavy atom. The molecule has 0 aliphatic carbocycles. The van der Waals surface area contributed by atoms with Gasteiger partial charge in [-0.1, -0.05) is 6.07 Å². The normalized spacial score (nSPS) is 8.57. The molecule has 0 saturated heterocycles. The van der Waals surface area contributed by atoms with Crippen molar-refractivity contribution in [1.82, 2.24) is 0 Å². The summed E-state index contributed by atoms with van der Waals surface area (Å²) in [5, 5.41) is 0. The van der Waals surface area contributed by atoms with E-state index in [4.69, 9.17) is 0 Å². The van der Waals surface area contributed by atoms with Gasteiger partial charge in [-0.2, -0.15) is 0 Å². The molecule has 1 aromatic carbocycles. The third kappa shape index (κ3) is 3.60. The van der Waals surface area contributed by atoms with Crippen LogP contribution in [-0.2, 0) is 9.59 Å². The van der Waals surface area contributed by atoms with E-state index in [0.717, 1.165) is 33.7 Å². The number of hydrogen-bond acceptors (Lipinski definition) is 6. The van der Waals surface area contributed by atoms with Crippen molar-refractivity contribution in [3.63, 3.8) is 0 Å². The number of hydrogen-bond donors (Lipinski definition) is 0. The van der Waals surface area contributed by atoms with E-state index in [0.29, 0.717) is 0 Å². The molecule has 0 atom stereocenters. The lowest BCUT2D eigenvalue weighted by molar-refractivity contribution is 0.565. The maximum Gasteiger partial charge on any atom is 0.247 e. The summed E-state index contributed by atoms with van der Waals surface area (Å²) in [5.41, 5.74) is 0. The van der Waals surface area contributed by atoms with E-state index >= 15 is 0 Å². The summed E-state index contributed by atoms with van der Waals surface area (Å²) in [4.78, 5) is 21.3. The number of benzene rings is 1. The van der Waals surface area contributed by atoms with E-state index in [9.17, 15) is 9.59 Å². The molecular weight excluding hydrogens is 220 g/mol. The zero-order valence-corrected chi connectivity index (χ0v) is 8.47. The third-order valence-electron chi connectivity index (χ3n) is 1.18. The van der Waals surface area contributed by atoms with Crippen molar-refractivity contribution in [3.8, 4) is 0 Å². The molecule has 0 aromatic heterocycles. The minimum Gasteiger partial charge on any atom is -0.210 e. The highest BCUT2D eigenvalue weighted by Gasteiger charge is 1.96. The highest BCUT2D eigenvalue weighted by molar-refractivity contribution is 7.98. The lowest BCUT2D eigenvalue weighted by Gasteiger charge is -1.96. The molecule has 1 aromatic rings. The topological polar surface area (TPSA) is 58.9 Å². The monoisotopic (exact) mass is 224 g/mol. The SMILES string of the molecule is O=C=NSc1cccc(SN=C=O)c1. The molecule has 0 saturated carbocycles. The Morgan fingerprint density at radius 1 is 1.00 bits per heavy atom. The van der Waals surface area contributed by atoms with Crippen LogP contribution in [0.3, 0.4) is 0 Å². The van der Waals surface area contributed by atoms with Crippen molar-refractivity contribution in [2.75, 3.05) is 0 Å². The van der Waals surface area contributed by atoms with Gasteiger partial charge in [0, 0.05) is 33.7 Å². The Hall–Kier alpha value is -1.32. The average molecular weight is 224 g/mol. The summed E-state index contributed by atoms with van der Waals surface area (Å²) >= 11 is 2.03. The van der Waals surface area contributed by atoms with Crippen LogP contribution in [0.25, 0.3) is 0 Å². The highest BCUT2D eigenvalue weighted by Crippen LogP contribution is 2.25. The van der Waals surface area contributed by atoms with E-state index in [1.54, 1.807) is 24.3 Å².